The van der Waals surface area contributed by atoms with Crippen molar-refractivity contribution in [3.05, 3.63) is 52.5 Å². The van der Waals surface area contributed by atoms with Gasteiger partial charge in [0.15, 0.2) is 0 Å². The van der Waals surface area contributed by atoms with Gasteiger partial charge in [-0.2, -0.15) is 0 Å². The first-order valence-electron chi connectivity index (χ1n) is 6.05. The van der Waals surface area contributed by atoms with Crippen LogP contribution in [0.4, 0.5) is 0 Å². The normalized spacial score (nSPS) is 23.0. The fourth-order valence-electron chi connectivity index (χ4n) is 2.45. The maximum Gasteiger partial charge on any atom is 0.221 e. The number of nitrogens with one attached hydrogen (secondary N) is 1. The van der Waals surface area contributed by atoms with Crippen molar-refractivity contribution in [1.82, 2.24) is 10.3 Å². The molecule has 1 amide bonds. The summed E-state index contributed by atoms with van der Waals surface area (Å²) in [7, 11) is 0. The average molecular weight is 258 g/mol. The summed E-state index contributed by atoms with van der Waals surface area (Å²) in [5.74, 6) is 0.355. The van der Waals surface area contributed by atoms with Crippen molar-refractivity contribution in [2.75, 3.05) is 0 Å². The standard InChI is InChI=1S/C14H14N2OS/c17-13-9-11(14-15-6-7-18-14)12(16-13)8-10-4-2-1-3-5-10/h1-7,11-12H,8-9H2,(H,16,17). The molecule has 1 aliphatic heterocycles. The molecule has 2 aromatic rings. The van der Waals surface area contributed by atoms with Crippen LogP contribution in [0.2, 0.25) is 0 Å². The second-order valence-corrected chi connectivity index (χ2v) is 5.47. The smallest absolute Gasteiger partial charge is 0.221 e. The predicted octanol–water partition coefficient (Wildman–Crippen LogP) is 2.36. The van der Waals surface area contributed by atoms with E-state index in [0.29, 0.717) is 6.42 Å². The maximum absolute atomic E-state index is 11.6. The van der Waals surface area contributed by atoms with Crippen molar-refractivity contribution < 1.29 is 4.79 Å². The first kappa shape index (κ1) is 11.4. The van der Waals surface area contributed by atoms with Crippen LogP contribution in [0.3, 0.4) is 0 Å². The topological polar surface area (TPSA) is 42.0 Å². The number of benzene rings is 1. The minimum absolute atomic E-state index is 0.135. The van der Waals surface area contributed by atoms with Crippen molar-refractivity contribution in [2.24, 2.45) is 0 Å². The Hall–Kier alpha value is -1.68. The van der Waals surface area contributed by atoms with Crippen LogP contribution in [0, 0.1) is 0 Å². The zero-order valence-corrected chi connectivity index (χ0v) is 10.7. The van der Waals surface area contributed by atoms with Crippen LogP contribution >= 0.6 is 11.3 Å². The summed E-state index contributed by atoms with van der Waals surface area (Å²) in [5, 5.41) is 6.10. The Morgan fingerprint density at radius 1 is 1.33 bits per heavy atom. The zero-order chi connectivity index (χ0) is 12.4. The first-order chi connectivity index (χ1) is 8.83. The van der Waals surface area contributed by atoms with Gasteiger partial charge in [-0.1, -0.05) is 30.3 Å². The van der Waals surface area contributed by atoms with Crippen molar-refractivity contribution >= 4 is 17.2 Å². The Bertz CT molecular complexity index is 524. The van der Waals surface area contributed by atoms with Crippen LogP contribution in [0.5, 0.6) is 0 Å². The van der Waals surface area contributed by atoms with Crippen LogP contribution in [0.25, 0.3) is 0 Å². The third-order valence-corrected chi connectivity index (χ3v) is 4.21. The molecule has 1 N–H and O–H groups in total. The van der Waals surface area contributed by atoms with E-state index in [9.17, 15) is 4.79 Å². The lowest BCUT2D eigenvalue weighted by atomic mass is 9.95. The highest BCUT2D eigenvalue weighted by atomic mass is 32.1. The van der Waals surface area contributed by atoms with Crippen molar-refractivity contribution in [3.63, 3.8) is 0 Å². The van der Waals surface area contributed by atoms with Gasteiger partial charge in [0.05, 0.1) is 5.01 Å². The summed E-state index contributed by atoms with van der Waals surface area (Å²) in [4.78, 5) is 16.0. The second kappa shape index (κ2) is 4.90. The number of amides is 1. The van der Waals surface area contributed by atoms with E-state index in [0.717, 1.165) is 11.4 Å². The minimum Gasteiger partial charge on any atom is -0.352 e. The van der Waals surface area contributed by atoms with Gasteiger partial charge < -0.3 is 5.32 Å². The molecule has 1 aliphatic rings. The number of hydrogen-bond donors (Lipinski definition) is 1. The largest absolute Gasteiger partial charge is 0.352 e. The van der Waals surface area contributed by atoms with Gasteiger partial charge in [0.2, 0.25) is 5.91 Å². The number of nitrogens with zero attached hydrogens (tertiary/aromatic N) is 1. The Kier molecular flexibility index (Phi) is 3.11. The predicted molar refractivity (Wildman–Crippen MR) is 71.5 cm³/mol. The molecule has 3 rings (SSSR count). The molecular formula is C14H14N2OS. The molecule has 0 bridgehead atoms. The van der Waals surface area contributed by atoms with Crippen LogP contribution in [0.15, 0.2) is 41.9 Å². The van der Waals surface area contributed by atoms with Gasteiger partial charge in [-0.25, -0.2) is 4.98 Å². The Labute approximate surface area is 110 Å². The fourth-order valence-corrected chi connectivity index (χ4v) is 3.25. The first-order valence-corrected chi connectivity index (χ1v) is 6.93. The van der Waals surface area contributed by atoms with Crippen molar-refractivity contribution in [1.29, 1.82) is 0 Å². The highest BCUT2D eigenvalue weighted by molar-refractivity contribution is 7.09. The molecule has 0 radical (unpaired) electrons. The van der Waals surface area contributed by atoms with E-state index in [1.165, 1.54) is 5.56 Å². The molecule has 2 atom stereocenters. The van der Waals surface area contributed by atoms with E-state index < -0.39 is 0 Å². The molecule has 0 saturated carbocycles. The number of rotatable bonds is 3. The molecule has 3 nitrogen and oxygen atoms in total. The van der Waals surface area contributed by atoms with Gasteiger partial charge in [0.25, 0.3) is 0 Å². The fraction of sp³-hybridized carbons (Fsp3) is 0.286. The lowest BCUT2D eigenvalue weighted by Crippen LogP contribution is -2.30. The van der Waals surface area contributed by atoms with Crippen molar-refractivity contribution in [2.45, 2.75) is 24.8 Å². The summed E-state index contributed by atoms with van der Waals surface area (Å²) in [6.07, 6.45) is 3.24. The monoisotopic (exact) mass is 258 g/mol. The van der Waals surface area contributed by atoms with Crippen LogP contribution < -0.4 is 5.32 Å². The third kappa shape index (κ3) is 2.29. The number of carbonyl (C=O) groups is 1. The molecule has 18 heavy (non-hydrogen) atoms. The Morgan fingerprint density at radius 2 is 2.17 bits per heavy atom. The Morgan fingerprint density at radius 3 is 2.89 bits per heavy atom. The van der Waals surface area contributed by atoms with Gasteiger partial charge in [0.1, 0.15) is 0 Å². The maximum atomic E-state index is 11.6. The molecule has 0 spiro atoms. The van der Waals surface area contributed by atoms with Gasteiger partial charge in [0, 0.05) is 30.0 Å². The lowest BCUT2D eigenvalue weighted by Gasteiger charge is -2.16. The number of thiazole rings is 1. The van der Waals surface area contributed by atoms with E-state index in [4.69, 9.17) is 0 Å². The molecule has 4 heteroatoms. The highest BCUT2D eigenvalue weighted by Crippen LogP contribution is 2.31. The van der Waals surface area contributed by atoms with Crippen LogP contribution in [0.1, 0.15) is 22.9 Å². The molecule has 1 fully saturated rings. The van der Waals surface area contributed by atoms with E-state index in [1.807, 2.05) is 29.8 Å². The second-order valence-electron chi connectivity index (χ2n) is 4.54. The molecule has 0 aliphatic carbocycles. The molecule has 1 saturated heterocycles. The summed E-state index contributed by atoms with van der Waals surface area (Å²) in [6.45, 7) is 0. The lowest BCUT2D eigenvalue weighted by molar-refractivity contribution is -0.119. The van der Waals surface area contributed by atoms with E-state index >= 15 is 0 Å². The van der Waals surface area contributed by atoms with Gasteiger partial charge in [-0.05, 0) is 12.0 Å². The summed E-state index contributed by atoms with van der Waals surface area (Å²) < 4.78 is 0. The SMILES string of the molecule is O=C1CC(c2nccs2)C(Cc2ccccc2)N1. The summed E-state index contributed by atoms with van der Waals surface area (Å²) in [5.41, 5.74) is 1.26. The molecule has 1 aromatic carbocycles. The number of hydrogen-bond acceptors (Lipinski definition) is 3. The van der Waals surface area contributed by atoms with Crippen LogP contribution in [-0.4, -0.2) is 16.9 Å². The molecular weight excluding hydrogens is 244 g/mol. The summed E-state index contributed by atoms with van der Waals surface area (Å²) >= 11 is 1.63. The molecule has 2 unspecified atom stereocenters. The Balaban J connectivity index is 1.80. The van der Waals surface area contributed by atoms with Crippen molar-refractivity contribution in [3.8, 4) is 0 Å². The van der Waals surface area contributed by atoms with Gasteiger partial charge >= 0.3 is 0 Å². The van der Waals surface area contributed by atoms with Gasteiger partial charge in [-0.15, -0.1) is 11.3 Å². The molecule has 1 aromatic heterocycles. The minimum atomic E-state index is 0.135. The van der Waals surface area contributed by atoms with E-state index in [1.54, 1.807) is 11.3 Å². The number of aromatic nitrogens is 1. The summed E-state index contributed by atoms with van der Waals surface area (Å²) in [6, 6.07) is 10.4. The average Bonchev–Trinajstić information content (AvgIpc) is 3.00. The number of carbonyl (C=O) groups excluding carboxylic acids is 1. The van der Waals surface area contributed by atoms with E-state index in [-0.39, 0.29) is 17.9 Å². The van der Waals surface area contributed by atoms with E-state index in [2.05, 4.69) is 22.4 Å². The quantitative estimate of drug-likeness (QED) is 0.918. The molecule has 92 valence electrons. The third-order valence-electron chi connectivity index (χ3n) is 3.30. The van der Waals surface area contributed by atoms with Crippen LogP contribution in [-0.2, 0) is 11.2 Å². The molecule has 2 heterocycles. The zero-order valence-electron chi connectivity index (χ0n) is 9.87. The van der Waals surface area contributed by atoms with Gasteiger partial charge in [-0.3, -0.25) is 4.79 Å². The highest BCUT2D eigenvalue weighted by Gasteiger charge is 2.34.